The molecule has 0 unspecified atom stereocenters. The molecule has 1 aromatic heterocycles. The molecule has 1 fully saturated rings. The predicted molar refractivity (Wildman–Crippen MR) is 80.0 cm³/mol. The Hall–Kier alpha value is -1.73. The number of nitrogens with zero attached hydrogens (tertiary/aromatic N) is 3. The van der Waals surface area contributed by atoms with E-state index in [-0.39, 0.29) is 5.95 Å². The van der Waals surface area contributed by atoms with E-state index in [4.69, 9.17) is 4.74 Å². The predicted octanol–water partition coefficient (Wildman–Crippen LogP) is 1.23. The molecule has 21 heavy (non-hydrogen) atoms. The second-order valence-electron chi connectivity index (χ2n) is 6.07. The first-order chi connectivity index (χ1) is 9.92. The van der Waals surface area contributed by atoms with E-state index in [0.29, 0.717) is 0 Å². The average molecular weight is 293 g/mol. The van der Waals surface area contributed by atoms with Gasteiger partial charge in [-0.05, 0) is 20.8 Å². The van der Waals surface area contributed by atoms with Crippen LogP contribution < -0.4 is 10.6 Å². The highest BCUT2D eigenvalue weighted by Crippen LogP contribution is 2.09. The van der Waals surface area contributed by atoms with Crippen LogP contribution in [0.2, 0.25) is 0 Å². The van der Waals surface area contributed by atoms with E-state index >= 15 is 0 Å². The highest BCUT2D eigenvalue weighted by Gasteiger charge is 2.17. The van der Waals surface area contributed by atoms with Gasteiger partial charge in [0, 0.05) is 50.7 Å². The number of aromatic nitrogens is 2. The van der Waals surface area contributed by atoms with Crippen molar-refractivity contribution < 1.29 is 9.53 Å². The molecule has 116 valence electrons. The number of piperazine rings is 1. The minimum Gasteiger partial charge on any atom is -0.444 e. The van der Waals surface area contributed by atoms with Crippen molar-refractivity contribution in [3.63, 3.8) is 0 Å². The van der Waals surface area contributed by atoms with Crippen LogP contribution in [0.5, 0.6) is 0 Å². The van der Waals surface area contributed by atoms with Gasteiger partial charge >= 0.3 is 6.09 Å². The number of hydrogen-bond acceptors (Lipinski definition) is 6. The van der Waals surface area contributed by atoms with Gasteiger partial charge in [0.25, 0.3) is 0 Å². The van der Waals surface area contributed by atoms with E-state index in [1.807, 2.05) is 20.8 Å². The first kappa shape index (κ1) is 15.7. The first-order valence-electron chi connectivity index (χ1n) is 7.16. The van der Waals surface area contributed by atoms with Gasteiger partial charge in [0.15, 0.2) is 0 Å². The zero-order valence-electron chi connectivity index (χ0n) is 12.8. The lowest BCUT2D eigenvalue weighted by Crippen LogP contribution is -2.42. The molecule has 0 aliphatic carbocycles. The van der Waals surface area contributed by atoms with Crippen molar-refractivity contribution in [3.8, 4) is 0 Å². The number of rotatable bonds is 3. The third-order valence-corrected chi connectivity index (χ3v) is 2.93. The Labute approximate surface area is 125 Å². The zero-order chi connectivity index (χ0) is 15.3. The molecule has 7 heteroatoms. The van der Waals surface area contributed by atoms with E-state index in [2.05, 4.69) is 25.5 Å². The summed E-state index contributed by atoms with van der Waals surface area (Å²) in [7, 11) is 0. The summed E-state index contributed by atoms with van der Waals surface area (Å²) < 4.78 is 5.15. The average Bonchev–Trinajstić information content (AvgIpc) is 2.40. The maximum atomic E-state index is 11.6. The van der Waals surface area contributed by atoms with Gasteiger partial charge < -0.3 is 10.1 Å². The summed E-state index contributed by atoms with van der Waals surface area (Å²) >= 11 is 0. The van der Waals surface area contributed by atoms with Gasteiger partial charge in [-0.2, -0.15) is 0 Å². The van der Waals surface area contributed by atoms with Crippen molar-refractivity contribution in [3.05, 3.63) is 18.0 Å². The molecule has 0 atom stereocenters. The highest BCUT2D eigenvalue weighted by atomic mass is 16.6. The van der Waals surface area contributed by atoms with Gasteiger partial charge in [-0.3, -0.25) is 10.2 Å². The SMILES string of the molecule is CC(C)(C)OC(=O)Nc1ncc(CN2CCNCC2)cn1. The van der Waals surface area contributed by atoms with Crippen LogP contribution in [0.1, 0.15) is 26.3 Å². The van der Waals surface area contributed by atoms with E-state index in [1.54, 1.807) is 12.4 Å². The van der Waals surface area contributed by atoms with Crippen LogP contribution in [-0.2, 0) is 11.3 Å². The minimum atomic E-state index is -0.544. The van der Waals surface area contributed by atoms with Gasteiger partial charge in [-0.1, -0.05) is 0 Å². The van der Waals surface area contributed by atoms with Crippen molar-refractivity contribution in [1.82, 2.24) is 20.2 Å². The van der Waals surface area contributed by atoms with Crippen LogP contribution in [0, 0.1) is 0 Å². The Balaban J connectivity index is 1.85. The molecule has 1 aliphatic rings. The third-order valence-electron chi connectivity index (χ3n) is 2.93. The van der Waals surface area contributed by atoms with Crippen LogP contribution in [-0.4, -0.2) is 52.7 Å². The van der Waals surface area contributed by atoms with Gasteiger partial charge in [0.1, 0.15) is 5.60 Å². The summed E-state index contributed by atoms with van der Waals surface area (Å²) in [6, 6.07) is 0. The Kier molecular flexibility index (Phi) is 5.08. The van der Waals surface area contributed by atoms with E-state index < -0.39 is 11.7 Å². The topological polar surface area (TPSA) is 79.4 Å². The minimum absolute atomic E-state index is 0.258. The summed E-state index contributed by atoms with van der Waals surface area (Å²) in [6.07, 6.45) is 2.93. The van der Waals surface area contributed by atoms with Crippen molar-refractivity contribution in [2.45, 2.75) is 32.9 Å². The Morgan fingerprint density at radius 1 is 1.33 bits per heavy atom. The second kappa shape index (κ2) is 6.82. The molecule has 0 aromatic carbocycles. The Bertz CT molecular complexity index is 463. The monoisotopic (exact) mass is 293 g/mol. The van der Waals surface area contributed by atoms with Crippen LogP contribution in [0.4, 0.5) is 10.7 Å². The lowest BCUT2D eigenvalue weighted by atomic mass is 10.2. The maximum absolute atomic E-state index is 11.6. The normalized spacial score (nSPS) is 16.5. The van der Waals surface area contributed by atoms with Crippen LogP contribution >= 0.6 is 0 Å². The molecular weight excluding hydrogens is 270 g/mol. The summed E-state index contributed by atoms with van der Waals surface area (Å²) in [5.74, 6) is 0.258. The summed E-state index contributed by atoms with van der Waals surface area (Å²) in [4.78, 5) is 22.2. The lowest BCUT2D eigenvalue weighted by Gasteiger charge is -2.26. The molecule has 7 nitrogen and oxygen atoms in total. The molecule has 0 spiro atoms. The zero-order valence-corrected chi connectivity index (χ0v) is 12.8. The van der Waals surface area contributed by atoms with Crippen LogP contribution in [0.3, 0.4) is 0 Å². The van der Waals surface area contributed by atoms with Crippen molar-refractivity contribution in [2.24, 2.45) is 0 Å². The molecule has 1 aliphatic heterocycles. The third kappa shape index (κ3) is 5.65. The molecule has 1 saturated heterocycles. The van der Waals surface area contributed by atoms with Crippen molar-refractivity contribution >= 4 is 12.0 Å². The fourth-order valence-corrected chi connectivity index (χ4v) is 2.02. The van der Waals surface area contributed by atoms with E-state index in [0.717, 1.165) is 38.3 Å². The first-order valence-corrected chi connectivity index (χ1v) is 7.16. The number of carbonyl (C=O) groups excluding carboxylic acids is 1. The molecule has 1 amide bonds. The fraction of sp³-hybridized carbons (Fsp3) is 0.643. The molecule has 1 aromatic rings. The standard InChI is InChI=1S/C14H23N5O2/c1-14(2,3)21-13(20)18-12-16-8-11(9-17-12)10-19-6-4-15-5-7-19/h8-9,15H,4-7,10H2,1-3H3,(H,16,17,18,20). The van der Waals surface area contributed by atoms with Crippen LogP contribution in [0.15, 0.2) is 12.4 Å². The van der Waals surface area contributed by atoms with E-state index in [1.165, 1.54) is 0 Å². The molecule has 2 N–H and O–H groups in total. The summed E-state index contributed by atoms with van der Waals surface area (Å²) in [5.41, 5.74) is 0.499. The maximum Gasteiger partial charge on any atom is 0.414 e. The number of carbonyl (C=O) groups is 1. The van der Waals surface area contributed by atoms with Crippen molar-refractivity contribution in [2.75, 3.05) is 31.5 Å². The molecule has 0 bridgehead atoms. The number of ether oxygens (including phenoxy) is 1. The van der Waals surface area contributed by atoms with Gasteiger partial charge in [0.2, 0.25) is 5.95 Å². The fourth-order valence-electron chi connectivity index (χ4n) is 2.02. The Morgan fingerprint density at radius 2 is 1.95 bits per heavy atom. The Morgan fingerprint density at radius 3 is 2.52 bits per heavy atom. The molecule has 2 heterocycles. The van der Waals surface area contributed by atoms with Crippen LogP contribution in [0.25, 0.3) is 0 Å². The number of amides is 1. The number of anilines is 1. The number of nitrogens with one attached hydrogen (secondary N) is 2. The van der Waals surface area contributed by atoms with Crippen molar-refractivity contribution in [1.29, 1.82) is 0 Å². The molecular formula is C14H23N5O2. The van der Waals surface area contributed by atoms with E-state index in [9.17, 15) is 4.79 Å². The molecule has 2 rings (SSSR count). The van der Waals surface area contributed by atoms with Gasteiger partial charge in [-0.25, -0.2) is 14.8 Å². The lowest BCUT2D eigenvalue weighted by molar-refractivity contribution is 0.0634. The number of hydrogen-bond donors (Lipinski definition) is 2. The van der Waals surface area contributed by atoms with Gasteiger partial charge in [-0.15, -0.1) is 0 Å². The smallest absolute Gasteiger partial charge is 0.414 e. The highest BCUT2D eigenvalue weighted by molar-refractivity contribution is 5.82. The quantitative estimate of drug-likeness (QED) is 0.872. The second-order valence-corrected chi connectivity index (χ2v) is 6.07. The summed E-state index contributed by atoms with van der Waals surface area (Å²) in [6.45, 7) is 10.3. The summed E-state index contributed by atoms with van der Waals surface area (Å²) in [5, 5.41) is 5.84. The molecule has 0 radical (unpaired) electrons. The molecule has 0 saturated carbocycles. The van der Waals surface area contributed by atoms with Gasteiger partial charge in [0.05, 0.1) is 0 Å². The largest absolute Gasteiger partial charge is 0.444 e.